The maximum absolute atomic E-state index is 5.74. The second kappa shape index (κ2) is 6.55. The molecule has 0 aromatic heterocycles. The van der Waals surface area contributed by atoms with Crippen molar-refractivity contribution >= 4 is 0 Å². The fraction of sp³-hybridized carbons (Fsp3) is 0.294. The van der Waals surface area contributed by atoms with Gasteiger partial charge in [0.2, 0.25) is 0 Å². The maximum atomic E-state index is 5.74. The molecule has 0 radical (unpaired) electrons. The van der Waals surface area contributed by atoms with Crippen molar-refractivity contribution in [2.45, 2.75) is 26.3 Å². The molecule has 0 bridgehead atoms. The van der Waals surface area contributed by atoms with Gasteiger partial charge in [0.25, 0.3) is 0 Å². The van der Waals surface area contributed by atoms with E-state index in [-0.39, 0.29) is 6.04 Å². The predicted molar refractivity (Wildman–Crippen MR) is 82.7 cm³/mol. The van der Waals surface area contributed by atoms with Gasteiger partial charge < -0.3 is 4.74 Å². The quantitative estimate of drug-likeness (QED) is 0.648. The van der Waals surface area contributed by atoms with Crippen LogP contribution in [-0.2, 0) is 6.42 Å². The number of hydrogen-bond donors (Lipinski definition) is 2. The molecule has 3 N–H and O–H groups in total. The molecule has 0 spiro atoms. The van der Waals surface area contributed by atoms with Crippen LogP contribution in [-0.4, -0.2) is 7.11 Å². The monoisotopic (exact) mass is 270 g/mol. The summed E-state index contributed by atoms with van der Waals surface area (Å²) in [5, 5.41) is 0. The third kappa shape index (κ3) is 3.59. The van der Waals surface area contributed by atoms with Crippen LogP contribution in [0.3, 0.4) is 0 Å². The summed E-state index contributed by atoms with van der Waals surface area (Å²) < 4.78 is 5.26. The lowest BCUT2D eigenvalue weighted by Gasteiger charge is -2.18. The highest BCUT2D eigenvalue weighted by atomic mass is 16.5. The highest BCUT2D eigenvalue weighted by molar-refractivity contribution is 5.34. The molecule has 1 atom stereocenters. The van der Waals surface area contributed by atoms with Crippen molar-refractivity contribution < 1.29 is 4.74 Å². The predicted octanol–water partition coefficient (Wildman–Crippen LogP) is 3.06. The number of hydrogen-bond acceptors (Lipinski definition) is 3. The molecule has 0 saturated heterocycles. The highest BCUT2D eigenvalue weighted by Gasteiger charge is 2.12. The molecular weight excluding hydrogens is 248 g/mol. The van der Waals surface area contributed by atoms with Crippen molar-refractivity contribution in [3.8, 4) is 5.75 Å². The van der Waals surface area contributed by atoms with Crippen molar-refractivity contribution in [2.24, 2.45) is 5.84 Å². The van der Waals surface area contributed by atoms with Gasteiger partial charge in [-0.2, -0.15) is 0 Å². The topological polar surface area (TPSA) is 47.3 Å². The van der Waals surface area contributed by atoms with Crippen LogP contribution in [0.5, 0.6) is 5.75 Å². The molecule has 0 aliphatic heterocycles. The molecule has 0 saturated carbocycles. The molecule has 2 aromatic carbocycles. The van der Waals surface area contributed by atoms with Crippen molar-refractivity contribution in [2.75, 3.05) is 7.11 Å². The average molecular weight is 270 g/mol. The lowest BCUT2D eigenvalue weighted by Crippen LogP contribution is -2.29. The van der Waals surface area contributed by atoms with Gasteiger partial charge in [-0.3, -0.25) is 11.3 Å². The van der Waals surface area contributed by atoms with E-state index in [0.29, 0.717) is 0 Å². The minimum atomic E-state index is 0.0979. The van der Waals surface area contributed by atoms with Crippen LogP contribution in [0.1, 0.15) is 28.3 Å². The number of nitrogens with one attached hydrogen (secondary N) is 1. The Morgan fingerprint density at radius 2 is 1.80 bits per heavy atom. The summed E-state index contributed by atoms with van der Waals surface area (Å²) in [6.45, 7) is 4.21. The van der Waals surface area contributed by atoms with Gasteiger partial charge in [0.05, 0.1) is 13.2 Å². The standard InChI is InChI=1S/C17H22N2O/c1-12-7-13(2)9-15(8-12)17(19-18)11-14-5-4-6-16(10-14)20-3/h4-10,17,19H,11,18H2,1-3H3. The van der Waals surface area contributed by atoms with Gasteiger partial charge in [-0.05, 0) is 43.5 Å². The number of ether oxygens (including phenoxy) is 1. The first kappa shape index (κ1) is 14.6. The molecule has 3 nitrogen and oxygen atoms in total. The summed E-state index contributed by atoms with van der Waals surface area (Å²) in [4.78, 5) is 0. The number of nitrogens with two attached hydrogens (primary N) is 1. The number of aryl methyl sites for hydroxylation is 2. The van der Waals surface area contributed by atoms with Crippen LogP contribution < -0.4 is 16.0 Å². The fourth-order valence-electron chi connectivity index (χ4n) is 2.52. The van der Waals surface area contributed by atoms with Crippen molar-refractivity contribution in [1.82, 2.24) is 5.43 Å². The summed E-state index contributed by atoms with van der Waals surface area (Å²) in [5.74, 6) is 6.62. The normalized spacial score (nSPS) is 12.2. The number of methoxy groups -OCH3 is 1. The van der Waals surface area contributed by atoms with Crippen LogP contribution in [0.25, 0.3) is 0 Å². The number of rotatable bonds is 5. The average Bonchev–Trinajstić information content (AvgIpc) is 2.44. The van der Waals surface area contributed by atoms with E-state index in [9.17, 15) is 0 Å². The van der Waals surface area contributed by atoms with Crippen molar-refractivity contribution in [3.05, 3.63) is 64.7 Å². The number of hydrazine groups is 1. The largest absolute Gasteiger partial charge is 0.497 e. The molecule has 3 heteroatoms. The molecule has 0 fully saturated rings. The van der Waals surface area contributed by atoms with Crippen molar-refractivity contribution in [3.63, 3.8) is 0 Å². The van der Waals surface area contributed by atoms with Crippen LogP contribution in [0, 0.1) is 13.8 Å². The molecule has 106 valence electrons. The Bertz CT molecular complexity index is 561. The van der Waals surface area contributed by atoms with Gasteiger partial charge in [-0.1, -0.05) is 41.5 Å². The first-order chi connectivity index (χ1) is 9.62. The molecule has 2 rings (SSSR count). The Hall–Kier alpha value is -1.84. The molecule has 0 amide bonds. The van der Waals surface area contributed by atoms with E-state index < -0.39 is 0 Å². The third-order valence-corrected chi connectivity index (χ3v) is 3.42. The summed E-state index contributed by atoms with van der Waals surface area (Å²) >= 11 is 0. The Balaban J connectivity index is 2.23. The van der Waals surface area contributed by atoms with Crippen molar-refractivity contribution in [1.29, 1.82) is 0 Å². The second-order valence-electron chi connectivity index (χ2n) is 5.20. The summed E-state index contributed by atoms with van der Waals surface area (Å²) in [7, 11) is 1.68. The van der Waals surface area contributed by atoms with E-state index in [0.717, 1.165) is 12.2 Å². The zero-order valence-corrected chi connectivity index (χ0v) is 12.3. The number of benzene rings is 2. The minimum Gasteiger partial charge on any atom is -0.497 e. The van der Waals surface area contributed by atoms with Crippen LogP contribution >= 0.6 is 0 Å². The van der Waals surface area contributed by atoms with Gasteiger partial charge >= 0.3 is 0 Å². The molecule has 20 heavy (non-hydrogen) atoms. The lowest BCUT2D eigenvalue weighted by molar-refractivity contribution is 0.414. The fourth-order valence-corrected chi connectivity index (χ4v) is 2.52. The zero-order chi connectivity index (χ0) is 14.5. The minimum absolute atomic E-state index is 0.0979. The summed E-state index contributed by atoms with van der Waals surface area (Å²) in [6.07, 6.45) is 0.830. The van der Waals surface area contributed by atoms with Gasteiger partial charge in [-0.25, -0.2) is 0 Å². The molecule has 1 unspecified atom stereocenters. The molecule has 0 aliphatic rings. The summed E-state index contributed by atoms with van der Waals surface area (Å²) in [5.41, 5.74) is 7.84. The van der Waals surface area contributed by atoms with E-state index in [1.54, 1.807) is 7.11 Å². The van der Waals surface area contributed by atoms with E-state index in [1.165, 1.54) is 22.3 Å². The summed E-state index contributed by atoms with van der Waals surface area (Å²) in [6, 6.07) is 14.7. The first-order valence-corrected chi connectivity index (χ1v) is 6.79. The van der Waals surface area contributed by atoms with E-state index in [1.807, 2.05) is 18.2 Å². The second-order valence-corrected chi connectivity index (χ2v) is 5.20. The smallest absolute Gasteiger partial charge is 0.119 e. The van der Waals surface area contributed by atoms with E-state index in [2.05, 4.69) is 43.5 Å². The van der Waals surface area contributed by atoms with Gasteiger partial charge in [0, 0.05) is 0 Å². The van der Waals surface area contributed by atoms with E-state index in [4.69, 9.17) is 10.6 Å². The van der Waals surface area contributed by atoms with Gasteiger partial charge in [0.1, 0.15) is 5.75 Å². The molecule has 0 aliphatic carbocycles. The van der Waals surface area contributed by atoms with Crippen LogP contribution in [0.4, 0.5) is 0 Å². The molecular formula is C17H22N2O. The Labute approximate surface area is 120 Å². The van der Waals surface area contributed by atoms with Crippen LogP contribution in [0.15, 0.2) is 42.5 Å². The molecule has 2 aromatic rings. The zero-order valence-electron chi connectivity index (χ0n) is 12.3. The highest BCUT2D eigenvalue weighted by Crippen LogP contribution is 2.22. The maximum Gasteiger partial charge on any atom is 0.119 e. The van der Waals surface area contributed by atoms with Gasteiger partial charge in [-0.15, -0.1) is 0 Å². The Morgan fingerprint density at radius 1 is 1.10 bits per heavy atom. The SMILES string of the molecule is COc1cccc(CC(NN)c2cc(C)cc(C)c2)c1. The van der Waals surface area contributed by atoms with Gasteiger partial charge in [0.15, 0.2) is 0 Å². The first-order valence-electron chi connectivity index (χ1n) is 6.79. The third-order valence-electron chi connectivity index (χ3n) is 3.42. The Morgan fingerprint density at radius 3 is 2.40 bits per heavy atom. The lowest BCUT2D eigenvalue weighted by atomic mass is 9.96. The van der Waals surface area contributed by atoms with Crippen LogP contribution in [0.2, 0.25) is 0 Å². The Kier molecular flexibility index (Phi) is 4.77. The van der Waals surface area contributed by atoms with E-state index >= 15 is 0 Å². The molecule has 0 heterocycles.